The van der Waals surface area contributed by atoms with Gasteiger partial charge in [-0.15, -0.1) is 11.8 Å². The van der Waals surface area contributed by atoms with E-state index in [2.05, 4.69) is 16.1 Å². The highest BCUT2D eigenvalue weighted by Crippen LogP contribution is 2.34. The molecule has 1 saturated carbocycles. The second-order valence-corrected chi connectivity index (χ2v) is 7.69. The maximum atomic E-state index is 12.0. The average Bonchev–Trinajstić information content (AvgIpc) is 2.54. The number of amides is 1. The first kappa shape index (κ1) is 20.1. The molecule has 0 saturated heterocycles. The molecule has 0 spiro atoms. The number of carbonyl (C=O) groups is 1. The Kier molecular flexibility index (Phi) is 7.62. The quantitative estimate of drug-likeness (QED) is 0.655. The molecule has 0 aliphatic heterocycles. The standard InChI is InChI=1S/C18H24F3NO2S/c1-13-11-15(25-14-5-3-2-4-6-14)7-8-16(13)22-17(23)9-10-24-12-18(19,20)21/h7-8,11,14H,2-6,9-10,12H2,1H3,(H,22,23). The Labute approximate surface area is 150 Å². The highest BCUT2D eigenvalue weighted by atomic mass is 32.2. The van der Waals surface area contributed by atoms with Crippen molar-refractivity contribution < 1.29 is 22.7 Å². The first-order chi connectivity index (χ1) is 11.8. The molecular formula is C18H24F3NO2S. The average molecular weight is 375 g/mol. The molecular weight excluding hydrogens is 351 g/mol. The van der Waals surface area contributed by atoms with E-state index in [1.807, 2.05) is 30.8 Å². The third-order valence-electron chi connectivity index (χ3n) is 4.07. The van der Waals surface area contributed by atoms with Gasteiger partial charge in [-0.1, -0.05) is 19.3 Å². The van der Waals surface area contributed by atoms with Gasteiger partial charge in [0.25, 0.3) is 0 Å². The smallest absolute Gasteiger partial charge is 0.372 e. The Morgan fingerprint density at radius 1 is 1.28 bits per heavy atom. The molecule has 1 fully saturated rings. The van der Waals surface area contributed by atoms with Crippen molar-refractivity contribution in [3.05, 3.63) is 23.8 Å². The van der Waals surface area contributed by atoms with Gasteiger partial charge < -0.3 is 10.1 Å². The molecule has 1 aliphatic rings. The van der Waals surface area contributed by atoms with Crippen LogP contribution in [0.3, 0.4) is 0 Å². The summed E-state index contributed by atoms with van der Waals surface area (Å²) in [5, 5.41) is 3.40. The number of rotatable bonds is 7. The number of benzene rings is 1. The Morgan fingerprint density at radius 3 is 2.64 bits per heavy atom. The van der Waals surface area contributed by atoms with Crippen molar-refractivity contribution in [2.24, 2.45) is 0 Å². The Morgan fingerprint density at radius 2 is 2.00 bits per heavy atom. The van der Waals surface area contributed by atoms with Gasteiger partial charge in [0.2, 0.25) is 5.91 Å². The van der Waals surface area contributed by atoms with Crippen molar-refractivity contribution in [2.45, 2.75) is 61.8 Å². The molecule has 1 aliphatic carbocycles. The van der Waals surface area contributed by atoms with Crippen molar-refractivity contribution in [3.8, 4) is 0 Å². The van der Waals surface area contributed by atoms with Gasteiger partial charge in [-0.25, -0.2) is 0 Å². The minimum atomic E-state index is -4.36. The van der Waals surface area contributed by atoms with Gasteiger partial charge in [-0.2, -0.15) is 13.2 Å². The molecule has 140 valence electrons. The minimum absolute atomic E-state index is 0.103. The molecule has 0 unspecified atom stereocenters. The normalized spacial score (nSPS) is 16.0. The van der Waals surface area contributed by atoms with Gasteiger partial charge in [0.1, 0.15) is 6.61 Å². The lowest BCUT2D eigenvalue weighted by molar-refractivity contribution is -0.174. The van der Waals surface area contributed by atoms with Crippen LogP contribution in [-0.4, -0.2) is 30.5 Å². The topological polar surface area (TPSA) is 38.3 Å². The lowest BCUT2D eigenvalue weighted by atomic mass is 10.0. The Balaban J connectivity index is 1.78. The second kappa shape index (κ2) is 9.48. The first-order valence-corrected chi connectivity index (χ1v) is 9.43. The molecule has 0 aromatic heterocycles. The maximum absolute atomic E-state index is 12.0. The molecule has 1 aromatic rings. The number of carbonyl (C=O) groups excluding carboxylic acids is 1. The fourth-order valence-corrected chi connectivity index (χ4v) is 4.14. The first-order valence-electron chi connectivity index (χ1n) is 8.55. The van der Waals surface area contributed by atoms with E-state index in [4.69, 9.17) is 0 Å². The number of hydrogen-bond acceptors (Lipinski definition) is 3. The van der Waals surface area contributed by atoms with Crippen molar-refractivity contribution in [1.29, 1.82) is 0 Å². The lowest BCUT2D eigenvalue weighted by Crippen LogP contribution is -2.20. The monoisotopic (exact) mass is 375 g/mol. The van der Waals surface area contributed by atoms with Crippen LogP contribution < -0.4 is 5.32 Å². The van der Waals surface area contributed by atoms with Gasteiger partial charge in [0, 0.05) is 15.8 Å². The zero-order valence-corrected chi connectivity index (χ0v) is 15.1. The predicted molar refractivity (Wildman–Crippen MR) is 94.0 cm³/mol. The molecule has 3 nitrogen and oxygen atoms in total. The van der Waals surface area contributed by atoms with Crippen LogP contribution in [0.2, 0.25) is 0 Å². The van der Waals surface area contributed by atoms with Gasteiger partial charge in [0.05, 0.1) is 13.0 Å². The van der Waals surface area contributed by atoms with E-state index in [-0.39, 0.29) is 18.9 Å². The highest BCUT2D eigenvalue weighted by molar-refractivity contribution is 8.00. The number of halogens is 3. The van der Waals surface area contributed by atoms with Crippen LogP contribution in [0.5, 0.6) is 0 Å². The third-order valence-corrected chi connectivity index (χ3v) is 5.40. The Hall–Kier alpha value is -1.21. The highest BCUT2D eigenvalue weighted by Gasteiger charge is 2.27. The molecule has 0 radical (unpaired) electrons. The van der Waals surface area contributed by atoms with E-state index in [9.17, 15) is 18.0 Å². The van der Waals surface area contributed by atoms with Gasteiger partial charge in [0.15, 0.2) is 0 Å². The van der Waals surface area contributed by atoms with E-state index in [0.717, 1.165) is 5.56 Å². The SMILES string of the molecule is Cc1cc(SC2CCCCC2)ccc1NC(=O)CCOCC(F)(F)F. The molecule has 7 heteroatoms. The third kappa shape index (κ3) is 7.69. The summed E-state index contributed by atoms with van der Waals surface area (Å²) in [6.45, 7) is 0.340. The van der Waals surface area contributed by atoms with Crippen LogP contribution in [0.4, 0.5) is 18.9 Å². The van der Waals surface area contributed by atoms with Gasteiger partial charge in [-0.05, 0) is 43.5 Å². The molecule has 0 atom stereocenters. The van der Waals surface area contributed by atoms with Crippen molar-refractivity contribution in [3.63, 3.8) is 0 Å². The van der Waals surface area contributed by atoms with E-state index in [1.54, 1.807) is 0 Å². The number of ether oxygens (including phenoxy) is 1. The Bertz CT molecular complexity index is 572. The zero-order chi connectivity index (χ0) is 18.3. The fourth-order valence-electron chi connectivity index (χ4n) is 2.79. The summed E-state index contributed by atoms with van der Waals surface area (Å²) in [7, 11) is 0. The maximum Gasteiger partial charge on any atom is 0.411 e. The molecule has 25 heavy (non-hydrogen) atoms. The van der Waals surface area contributed by atoms with Crippen LogP contribution in [0.25, 0.3) is 0 Å². The second-order valence-electron chi connectivity index (χ2n) is 6.32. The van der Waals surface area contributed by atoms with E-state index >= 15 is 0 Å². The van der Waals surface area contributed by atoms with Crippen LogP contribution in [0.15, 0.2) is 23.1 Å². The van der Waals surface area contributed by atoms with E-state index < -0.39 is 12.8 Å². The lowest BCUT2D eigenvalue weighted by Gasteiger charge is -2.21. The molecule has 1 aromatic carbocycles. The summed E-state index contributed by atoms with van der Waals surface area (Å²) in [6.07, 6.45) is 1.95. The number of nitrogens with one attached hydrogen (secondary N) is 1. The number of aryl methyl sites for hydroxylation is 1. The van der Waals surface area contributed by atoms with Crippen LogP contribution in [0, 0.1) is 6.92 Å². The molecule has 1 N–H and O–H groups in total. The van der Waals surface area contributed by atoms with Gasteiger partial charge >= 0.3 is 6.18 Å². The van der Waals surface area contributed by atoms with E-state index in [0.29, 0.717) is 10.9 Å². The van der Waals surface area contributed by atoms with Crippen LogP contribution >= 0.6 is 11.8 Å². The minimum Gasteiger partial charge on any atom is -0.372 e. The van der Waals surface area contributed by atoms with E-state index in [1.165, 1.54) is 37.0 Å². The number of hydrogen-bond donors (Lipinski definition) is 1. The van der Waals surface area contributed by atoms with Crippen molar-refractivity contribution >= 4 is 23.4 Å². The molecule has 2 rings (SSSR count). The summed E-state index contributed by atoms with van der Waals surface area (Å²) in [5.74, 6) is -0.349. The summed E-state index contributed by atoms with van der Waals surface area (Å²) < 4.78 is 40.3. The summed E-state index contributed by atoms with van der Waals surface area (Å²) in [6, 6.07) is 5.89. The van der Waals surface area contributed by atoms with Crippen LogP contribution in [0.1, 0.15) is 44.1 Å². The van der Waals surface area contributed by atoms with Gasteiger partial charge in [-0.3, -0.25) is 4.79 Å². The van der Waals surface area contributed by atoms with Crippen molar-refractivity contribution in [1.82, 2.24) is 0 Å². The summed E-state index contributed by atoms with van der Waals surface area (Å²) >= 11 is 1.89. The summed E-state index contributed by atoms with van der Waals surface area (Å²) in [5.41, 5.74) is 1.64. The number of anilines is 1. The molecule has 0 heterocycles. The number of alkyl halides is 3. The van der Waals surface area contributed by atoms with Crippen molar-refractivity contribution in [2.75, 3.05) is 18.5 Å². The van der Waals surface area contributed by atoms with Crippen LogP contribution in [-0.2, 0) is 9.53 Å². The molecule has 0 bridgehead atoms. The largest absolute Gasteiger partial charge is 0.411 e. The molecule has 1 amide bonds. The summed E-state index contributed by atoms with van der Waals surface area (Å²) in [4.78, 5) is 13.0. The zero-order valence-electron chi connectivity index (χ0n) is 14.3. The number of thioether (sulfide) groups is 1. The fraction of sp³-hybridized carbons (Fsp3) is 0.611. The predicted octanol–water partition coefficient (Wildman–Crippen LogP) is 5.33.